The number of amides is 1. The van der Waals surface area contributed by atoms with Crippen molar-refractivity contribution in [2.45, 2.75) is 12.0 Å². The molecule has 8 nitrogen and oxygen atoms in total. The molecule has 1 aromatic rings. The molecule has 0 aliphatic carbocycles. The molecule has 1 atom stereocenters. The molecule has 0 unspecified atom stereocenters. The summed E-state index contributed by atoms with van der Waals surface area (Å²) >= 11 is 0. The maximum atomic E-state index is 14.0. The van der Waals surface area contributed by atoms with Crippen molar-refractivity contribution in [1.82, 2.24) is 5.32 Å². The molecular weight excluding hydrogens is 342 g/mol. The number of methoxy groups -OCH3 is 2. The fourth-order valence-electron chi connectivity index (χ4n) is 2.09. The zero-order chi connectivity index (χ0) is 16.5. The SMILES string of the molecule is COc1cc([C@H]2NC(=O)OCC2(F)F)c([N+](=O)[O-])cc1OC.Cl. The number of hydrogen-bond acceptors (Lipinski definition) is 6. The van der Waals surface area contributed by atoms with Crippen molar-refractivity contribution in [1.29, 1.82) is 0 Å². The lowest BCUT2D eigenvalue weighted by atomic mass is 9.97. The van der Waals surface area contributed by atoms with E-state index in [1.54, 1.807) is 0 Å². The van der Waals surface area contributed by atoms with Crippen LogP contribution in [0.25, 0.3) is 0 Å². The van der Waals surface area contributed by atoms with Gasteiger partial charge in [0.25, 0.3) is 5.69 Å². The van der Waals surface area contributed by atoms with E-state index in [0.717, 1.165) is 12.1 Å². The smallest absolute Gasteiger partial charge is 0.408 e. The number of alkyl carbamates (subject to hydrolysis) is 1. The Morgan fingerprint density at radius 2 is 1.91 bits per heavy atom. The van der Waals surface area contributed by atoms with Gasteiger partial charge >= 0.3 is 12.0 Å². The second kappa shape index (κ2) is 6.82. The largest absolute Gasteiger partial charge is 0.493 e. The van der Waals surface area contributed by atoms with Gasteiger partial charge in [0.05, 0.1) is 30.8 Å². The van der Waals surface area contributed by atoms with Crippen LogP contribution in [-0.4, -0.2) is 37.8 Å². The molecule has 1 amide bonds. The van der Waals surface area contributed by atoms with Gasteiger partial charge in [0.15, 0.2) is 18.1 Å². The minimum atomic E-state index is -3.52. The highest BCUT2D eigenvalue weighted by atomic mass is 35.5. The van der Waals surface area contributed by atoms with Crippen LogP contribution in [-0.2, 0) is 4.74 Å². The second-order valence-electron chi connectivity index (χ2n) is 4.44. The maximum Gasteiger partial charge on any atom is 0.408 e. The van der Waals surface area contributed by atoms with Crippen LogP contribution >= 0.6 is 12.4 Å². The van der Waals surface area contributed by atoms with Crippen molar-refractivity contribution in [2.24, 2.45) is 0 Å². The molecule has 0 spiro atoms. The van der Waals surface area contributed by atoms with Gasteiger partial charge in [-0.25, -0.2) is 13.6 Å². The highest BCUT2D eigenvalue weighted by Gasteiger charge is 2.49. The van der Waals surface area contributed by atoms with Crippen molar-refractivity contribution >= 4 is 24.2 Å². The second-order valence-corrected chi connectivity index (χ2v) is 4.44. The number of carbonyl (C=O) groups is 1. The summed E-state index contributed by atoms with van der Waals surface area (Å²) in [6.45, 7) is -1.17. The minimum Gasteiger partial charge on any atom is -0.493 e. The van der Waals surface area contributed by atoms with Gasteiger partial charge in [-0.15, -0.1) is 12.4 Å². The average molecular weight is 355 g/mol. The van der Waals surface area contributed by atoms with Gasteiger partial charge in [0.1, 0.15) is 6.04 Å². The molecule has 1 aliphatic rings. The van der Waals surface area contributed by atoms with Crippen LogP contribution < -0.4 is 14.8 Å². The molecule has 1 heterocycles. The average Bonchev–Trinajstić information content (AvgIpc) is 2.48. The Morgan fingerprint density at radius 1 is 1.35 bits per heavy atom. The standard InChI is InChI=1S/C12H12F2N2O6.ClH/c1-20-8-3-6(7(16(18)19)4-9(8)21-2)10-12(13,14)5-22-11(17)15-10;/h3-4,10H,5H2,1-2H3,(H,15,17);1H/t10-;/m1./s1. The van der Waals surface area contributed by atoms with Crippen LogP contribution in [0.5, 0.6) is 11.5 Å². The summed E-state index contributed by atoms with van der Waals surface area (Å²) in [7, 11) is 2.51. The number of ether oxygens (including phenoxy) is 3. The summed E-state index contributed by atoms with van der Waals surface area (Å²) in [5, 5.41) is 13.0. The van der Waals surface area contributed by atoms with Crippen LogP contribution in [0.3, 0.4) is 0 Å². The number of benzene rings is 1. The van der Waals surface area contributed by atoms with Gasteiger partial charge in [-0.1, -0.05) is 0 Å². The fourth-order valence-corrected chi connectivity index (χ4v) is 2.09. The first-order valence-corrected chi connectivity index (χ1v) is 6.01. The molecule has 0 bridgehead atoms. The first-order valence-electron chi connectivity index (χ1n) is 6.01. The van der Waals surface area contributed by atoms with Gasteiger partial charge in [-0.05, 0) is 6.07 Å². The van der Waals surface area contributed by atoms with E-state index < -0.39 is 40.8 Å². The first-order chi connectivity index (χ1) is 10.3. The monoisotopic (exact) mass is 354 g/mol. The lowest BCUT2D eigenvalue weighted by molar-refractivity contribution is -0.386. The number of alkyl halides is 2. The summed E-state index contributed by atoms with van der Waals surface area (Å²) < 4.78 is 42.0. The lowest BCUT2D eigenvalue weighted by Gasteiger charge is -2.31. The molecule has 128 valence electrons. The third-order valence-electron chi connectivity index (χ3n) is 3.12. The van der Waals surface area contributed by atoms with E-state index in [-0.39, 0.29) is 23.9 Å². The van der Waals surface area contributed by atoms with E-state index in [4.69, 9.17) is 9.47 Å². The summed E-state index contributed by atoms with van der Waals surface area (Å²) in [6.07, 6.45) is -1.08. The van der Waals surface area contributed by atoms with E-state index in [1.807, 2.05) is 5.32 Å². The Labute approximate surface area is 135 Å². The number of nitrogens with one attached hydrogen (secondary N) is 1. The van der Waals surface area contributed by atoms with Crippen molar-refractivity contribution in [3.05, 3.63) is 27.8 Å². The molecule has 23 heavy (non-hydrogen) atoms. The predicted octanol–water partition coefficient (Wildman–Crippen LogP) is 2.45. The highest BCUT2D eigenvalue weighted by molar-refractivity contribution is 5.85. The Bertz CT molecular complexity index is 628. The summed E-state index contributed by atoms with van der Waals surface area (Å²) in [5.74, 6) is -3.47. The van der Waals surface area contributed by atoms with Crippen LogP contribution in [0.2, 0.25) is 0 Å². The number of carbonyl (C=O) groups excluding carboxylic acids is 1. The number of halogens is 3. The number of rotatable bonds is 4. The number of nitrogens with zero attached hydrogens (tertiary/aromatic N) is 1. The molecular formula is C12H13ClF2N2O6. The topological polar surface area (TPSA) is 99.9 Å². The molecule has 2 rings (SSSR count). The summed E-state index contributed by atoms with van der Waals surface area (Å²) in [5.41, 5.74) is -1.02. The Hall–Kier alpha value is -2.36. The Kier molecular flexibility index (Phi) is 5.54. The zero-order valence-corrected chi connectivity index (χ0v) is 12.8. The number of nitro groups is 1. The number of hydrogen-bond donors (Lipinski definition) is 1. The third kappa shape index (κ3) is 3.52. The lowest BCUT2D eigenvalue weighted by Crippen LogP contribution is -2.49. The molecule has 1 aliphatic heterocycles. The molecule has 0 saturated carbocycles. The normalized spacial score (nSPS) is 19.0. The van der Waals surface area contributed by atoms with Crippen molar-refractivity contribution in [2.75, 3.05) is 20.8 Å². The molecule has 1 N–H and O–H groups in total. The quantitative estimate of drug-likeness (QED) is 0.658. The van der Waals surface area contributed by atoms with Crippen LogP contribution in [0.4, 0.5) is 19.3 Å². The molecule has 1 saturated heterocycles. The van der Waals surface area contributed by atoms with E-state index in [0.29, 0.717) is 0 Å². The van der Waals surface area contributed by atoms with Gasteiger partial charge in [-0.2, -0.15) is 0 Å². The highest BCUT2D eigenvalue weighted by Crippen LogP contribution is 2.43. The maximum absolute atomic E-state index is 14.0. The van der Waals surface area contributed by atoms with Gasteiger partial charge in [-0.3, -0.25) is 10.1 Å². The minimum absolute atomic E-state index is 0. The van der Waals surface area contributed by atoms with E-state index >= 15 is 0 Å². The van der Waals surface area contributed by atoms with Crippen LogP contribution in [0.15, 0.2) is 12.1 Å². The fraction of sp³-hybridized carbons (Fsp3) is 0.417. The van der Waals surface area contributed by atoms with Gasteiger partial charge in [0, 0.05) is 0 Å². The van der Waals surface area contributed by atoms with Crippen molar-refractivity contribution in [3.63, 3.8) is 0 Å². The van der Waals surface area contributed by atoms with Crippen LogP contribution in [0, 0.1) is 10.1 Å². The van der Waals surface area contributed by atoms with E-state index in [1.165, 1.54) is 14.2 Å². The Morgan fingerprint density at radius 3 is 2.43 bits per heavy atom. The molecule has 1 aromatic carbocycles. The molecule has 0 radical (unpaired) electrons. The van der Waals surface area contributed by atoms with Gasteiger partial charge < -0.3 is 19.5 Å². The Balaban J connectivity index is 0.00000264. The molecule has 0 aromatic heterocycles. The van der Waals surface area contributed by atoms with Crippen molar-refractivity contribution < 1.29 is 32.7 Å². The first kappa shape index (κ1) is 18.7. The zero-order valence-electron chi connectivity index (χ0n) is 12.0. The molecule has 1 fully saturated rings. The van der Waals surface area contributed by atoms with E-state index in [2.05, 4.69) is 4.74 Å². The van der Waals surface area contributed by atoms with E-state index in [9.17, 15) is 23.7 Å². The van der Waals surface area contributed by atoms with Crippen molar-refractivity contribution in [3.8, 4) is 11.5 Å². The predicted molar refractivity (Wildman–Crippen MR) is 75.6 cm³/mol. The van der Waals surface area contributed by atoms with Gasteiger partial charge in [0.2, 0.25) is 0 Å². The third-order valence-corrected chi connectivity index (χ3v) is 3.12. The van der Waals surface area contributed by atoms with Crippen LogP contribution in [0.1, 0.15) is 11.6 Å². The summed E-state index contributed by atoms with van der Waals surface area (Å²) in [6, 6.07) is 0.0986. The number of cyclic esters (lactones) is 1. The molecule has 11 heteroatoms. The number of nitro benzene ring substituents is 1. The summed E-state index contributed by atoms with van der Waals surface area (Å²) in [4.78, 5) is 21.5.